The van der Waals surface area contributed by atoms with Gasteiger partial charge in [-0.05, 0) is 18.1 Å². The van der Waals surface area contributed by atoms with Crippen LogP contribution < -0.4 is 16.4 Å². The third-order valence-electron chi connectivity index (χ3n) is 2.58. The minimum atomic E-state index is -0.761. The maximum atomic E-state index is 12.1. The van der Waals surface area contributed by atoms with Gasteiger partial charge < -0.3 is 16.4 Å². The fourth-order valence-corrected chi connectivity index (χ4v) is 1.71. The Hall–Kier alpha value is -1.82. The van der Waals surface area contributed by atoms with Crippen LogP contribution in [-0.4, -0.2) is 29.9 Å². The van der Waals surface area contributed by atoms with Crippen molar-refractivity contribution in [2.45, 2.75) is 19.9 Å². The van der Waals surface area contributed by atoms with Gasteiger partial charge >= 0.3 is 0 Å². The molecule has 0 aromatic carbocycles. The molecule has 0 saturated carbocycles. The van der Waals surface area contributed by atoms with E-state index in [0.717, 1.165) is 0 Å². The second-order valence-corrected chi connectivity index (χ2v) is 4.78. The minimum absolute atomic E-state index is 0.0559. The minimum Gasteiger partial charge on any atom is -0.373 e. The molecule has 2 amide bonds. The van der Waals surface area contributed by atoms with Crippen molar-refractivity contribution in [2.24, 2.45) is 11.7 Å². The Morgan fingerprint density at radius 2 is 2.00 bits per heavy atom. The van der Waals surface area contributed by atoms with Crippen LogP contribution in [0.5, 0.6) is 0 Å². The molecule has 0 spiro atoms. The van der Waals surface area contributed by atoms with Gasteiger partial charge in [-0.15, -0.1) is 0 Å². The number of anilines is 1. The standard InChI is InChI=1S/C12H17ClN4O2/c1-6(2)9(11(14)18)17-12(19)10-7(13)4-5-8(15-3)16-10/h4-6,9H,1-3H3,(H2,14,18)(H,15,16)(H,17,19). The largest absolute Gasteiger partial charge is 0.373 e. The third-order valence-corrected chi connectivity index (χ3v) is 2.88. The lowest BCUT2D eigenvalue weighted by molar-refractivity contribution is -0.120. The van der Waals surface area contributed by atoms with E-state index in [0.29, 0.717) is 5.82 Å². The predicted octanol–water partition coefficient (Wildman–Crippen LogP) is 1.02. The molecule has 104 valence electrons. The fourth-order valence-electron chi connectivity index (χ4n) is 1.52. The predicted molar refractivity (Wildman–Crippen MR) is 74.1 cm³/mol. The Balaban J connectivity index is 2.97. The second kappa shape index (κ2) is 6.38. The van der Waals surface area contributed by atoms with Gasteiger partial charge in [0.2, 0.25) is 5.91 Å². The molecule has 0 saturated heterocycles. The smallest absolute Gasteiger partial charge is 0.272 e. The zero-order valence-corrected chi connectivity index (χ0v) is 11.8. The molecule has 0 aliphatic carbocycles. The zero-order chi connectivity index (χ0) is 14.6. The van der Waals surface area contributed by atoms with E-state index in [1.54, 1.807) is 33.0 Å². The van der Waals surface area contributed by atoms with Crippen LogP contribution in [0.2, 0.25) is 5.02 Å². The van der Waals surface area contributed by atoms with Crippen LogP contribution in [0.3, 0.4) is 0 Å². The van der Waals surface area contributed by atoms with E-state index in [2.05, 4.69) is 15.6 Å². The van der Waals surface area contributed by atoms with E-state index in [-0.39, 0.29) is 16.6 Å². The Kier molecular flexibility index (Phi) is 5.11. The second-order valence-electron chi connectivity index (χ2n) is 4.37. The number of pyridine rings is 1. The van der Waals surface area contributed by atoms with E-state index < -0.39 is 17.9 Å². The molecule has 1 heterocycles. The summed E-state index contributed by atoms with van der Waals surface area (Å²) in [5.74, 6) is -0.730. The Labute approximate surface area is 116 Å². The quantitative estimate of drug-likeness (QED) is 0.752. The number of nitrogens with one attached hydrogen (secondary N) is 2. The lowest BCUT2D eigenvalue weighted by Crippen LogP contribution is -2.47. The van der Waals surface area contributed by atoms with E-state index in [4.69, 9.17) is 17.3 Å². The van der Waals surface area contributed by atoms with E-state index in [9.17, 15) is 9.59 Å². The number of amides is 2. The summed E-state index contributed by atoms with van der Waals surface area (Å²) in [6, 6.07) is 2.44. The highest BCUT2D eigenvalue weighted by atomic mass is 35.5. The highest BCUT2D eigenvalue weighted by Crippen LogP contribution is 2.17. The molecule has 6 nitrogen and oxygen atoms in total. The summed E-state index contributed by atoms with van der Waals surface area (Å²) in [6.45, 7) is 3.57. The number of halogens is 1. The molecule has 1 atom stereocenters. The molecule has 0 aliphatic rings. The Bertz CT molecular complexity index is 491. The van der Waals surface area contributed by atoms with Gasteiger partial charge in [-0.2, -0.15) is 0 Å². The van der Waals surface area contributed by atoms with E-state index >= 15 is 0 Å². The average molecular weight is 285 g/mol. The molecule has 0 radical (unpaired) electrons. The first-order chi connectivity index (χ1) is 8.86. The van der Waals surface area contributed by atoms with Gasteiger partial charge in [0.15, 0.2) is 0 Å². The van der Waals surface area contributed by atoms with Crippen molar-refractivity contribution in [3.05, 3.63) is 22.8 Å². The maximum absolute atomic E-state index is 12.1. The summed E-state index contributed by atoms with van der Waals surface area (Å²) >= 11 is 5.92. The summed E-state index contributed by atoms with van der Waals surface area (Å²) in [5, 5.41) is 5.55. The molecule has 1 aromatic rings. The normalized spacial score (nSPS) is 12.1. The topological polar surface area (TPSA) is 97.1 Å². The number of rotatable bonds is 5. The van der Waals surface area contributed by atoms with Crippen molar-refractivity contribution in [2.75, 3.05) is 12.4 Å². The van der Waals surface area contributed by atoms with Gasteiger partial charge in [-0.1, -0.05) is 25.4 Å². The number of hydrogen-bond acceptors (Lipinski definition) is 4. The molecule has 19 heavy (non-hydrogen) atoms. The number of carbonyl (C=O) groups excluding carboxylic acids is 2. The fraction of sp³-hybridized carbons (Fsp3) is 0.417. The van der Waals surface area contributed by atoms with Crippen LogP contribution in [0.4, 0.5) is 5.82 Å². The number of primary amides is 1. The Morgan fingerprint density at radius 3 is 2.47 bits per heavy atom. The van der Waals surface area contributed by atoms with Crippen LogP contribution in [-0.2, 0) is 4.79 Å². The van der Waals surface area contributed by atoms with Gasteiger partial charge in [0, 0.05) is 7.05 Å². The molecule has 4 N–H and O–H groups in total. The molecule has 0 fully saturated rings. The molecule has 1 unspecified atom stereocenters. The highest BCUT2D eigenvalue weighted by Gasteiger charge is 2.24. The molecule has 1 rings (SSSR count). The van der Waals surface area contributed by atoms with Crippen molar-refractivity contribution in [1.29, 1.82) is 0 Å². The van der Waals surface area contributed by atoms with Crippen LogP contribution in [0.25, 0.3) is 0 Å². The third kappa shape index (κ3) is 3.82. The van der Waals surface area contributed by atoms with Crippen molar-refractivity contribution >= 4 is 29.2 Å². The van der Waals surface area contributed by atoms with Crippen LogP contribution in [0, 0.1) is 5.92 Å². The van der Waals surface area contributed by atoms with Gasteiger partial charge in [-0.3, -0.25) is 9.59 Å². The molecule has 1 aromatic heterocycles. The number of hydrogen-bond donors (Lipinski definition) is 3. The first-order valence-corrected chi connectivity index (χ1v) is 6.19. The summed E-state index contributed by atoms with van der Waals surface area (Å²) in [6.07, 6.45) is 0. The SMILES string of the molecule is CNc1ccc(Cl)c(C(=O)NC(C(N)=O)C(C)C)n1. The highest BCUT2D eigenvalue weighted by molar-refractivity contribution is 6.33. The average Bonchev–Trinajstić information content (AvgIpc) is 2.35. The van der Waals surface area contributed by atoms with Crippen molar-refractivity contribution in [1.82, 2.24) is 10.3 Å². The van der Waals surface area contributed by atoms with Crippen LogP contribution in [0.1, 0.15) is 24.3 Å². The molecule has 0 bridgehead atoms. The number of nitrogens with two attached hydrogens (primary N) is 1. The molecule has 0 aliphatic heterocycles. The summed E-state index contributed by atoms with van der Waals surface area (Å²) in [5.41, 5.74) is 5.29. The van der Waals surface area contributed by atoms with Crippen molar-refractivity contribution in [3.63, 3.8) is 0 Å². The summed E-state index contributed by atoms with van der Waals surface area (Å²) in [7, 11) is 1.68. The summed E-state index contributed by atoms with van der Waals surface area (Å²) < 4.78 is 0. The van der Waals surface area contributed by atoms with Crippen molar-refractivity contribution < 1.29 is 9.59 Å². The van der Waals surface area contributed by atoms with Gasteiger partial charge in [0.25, 0.3) is 5.91 Å². The number of nitrogens with zero attached hydrogens (tertiary/aromatic N) is 1. The molecular formula is C12H17ClN4O2. The zero-order valence-electron chi connectivity index (χ0n) is 11.0. The lowest BCUT2D eigenvalue weighted by Gasteiger charge is -2.19. The van der Waals surface area contributed by atoms with E-state index in [1.165, 1.54) is 0 Å². The first-order valence-electron chi connectivity index (χ1n) is 5.81. The monoisotopic (exact) mass is 284 g/mol. The first kappa shape index (κ1) is 15.2. The van der Waals surface area contributed by atoms with Crippen molar-refractivity contribution in [3.8, 4) is 0 Å². The molecular weight excluding hydrogens is 268 g/mol. The lowest BCUT2D eigenvalue weighted by atomic mass is 10.0. The van der Waals surface area contributed by atoms with Crippen LogP contribution >= 0.6 is 11.6 Å². The van der Waals surface area contributed by atoms with Crippen LogP contribution in [0.15, 0.2) is 12.1 Å². The van der Waals surface area contributed by atoms with Gasteiger partial charge in [-0.25, -0.2) is 4.98 Å². The Morgan fingerprint density at radius 1 is 1.37 bits per heavy atom. The number of carbonyl (C=O) groups is 2. The van der Waals surface area contributed by atoms with E-state index in [1.807, 2.05) is 0 Å². The number of aromatic nitrogens is 1. The van der Waals surface area contributed by atoms with Gasteiger partial charge in [0.1, 0.15) is 17.6 Å². The van der Waals surface area contributed by atoms with Gasteiger partial charge in [0.05, 0.1) is 5.02 Å². The molecule has 7 heteroatoms. The maximum Gasteiger partial charge on any atom is 0.272 e. The summed E-state index contributed by atoms with van der Waals surface area (Å²) in [4.78, 5) is 27.4.